The monoisotopic (exact) mass is 283 g/mol. The molecule has 0 radical (unpaired) electrons. The molecule has 1 aromatic heterocycles. The Morgan fingerprint density at radius 1 is 1.33 bits per heavy atom. The number of benzene rings is 1. The van der Waals surface area contributed by atoms with Crippen LogP contribution in [0.25, 0.3) is 5.69 Å². The molecule has 0 saturated heterocycles. The molecule has 106 valence electrons. The largest absolute Gasteiger partial charge is 0.313 e. The van der Waals surface area contributed by atoms with Crippen molar-refractivity contribution in [1.29, 1.82) is 10.5 Å². The summed E-state index contributed by atoms with van der Waals surface area (Å²) >= 11 is 0. The molecule has 0 spiro atoms. The summed E-state index contributed by atoms with van der Waals surface area (Å²) in [7, 11) is 0. The van der Waals surface area contributed by atoms with Gasteiger partial charge in [-0.2, -0.15) is 10.5 Å². The van der Waals surface area contributed by atoms with Crippen LogP contribution < -0.4 is 5.32 Å². The van der Waals surface area contributed by atoms with E-state index >= 15 is 0 Å². The smallest absolute Gasteiger partial charge is 0.177 e. The average molecular weight is 283 g/mol. The zero-order valence-corrected chi connectivity index (χ0v) is 11.6. The van der Waals surface area contributed by atoms with E-state index in [1.807, 2.05) is 12.1 Å². The fourth-order valence-electron chi connectivity index (χ4n) is 1.98. The number of imidazole rings is 1. The Bertz CT molecular complexity index is 721. The summed E-state index contributed by atoms with van der Waals surface area (Å²) in [6.07, 6.45) is 2.29. The highest BCUT2D eigenvalue weighted by Gasteiger charge is 2.14. The molecule has 1 aromatic carbocycles. The molecule has 1 N–H and O–H groups in total. The topological polar surface area (TPSA) is 77.4 Å². The van der Waals surface area contributed by atoms with Crippen molar-refractivity contribution in [3.05, 3.63) is 47.3 Å². The van der Waals surface area contributed by atoms with E-state index in [9.17, 15) is 4.39 Å². The predicted molar refractivity (Wildman–Crippen MR) is 74.9 cm³/mol. The summed E-state index contributed by atoms with van der Waals surface area (Å²) in [5.74, 6) is -0.454. The quantitative estimate of drug-likeness (QED) is 0.854. The normalized spacial score (nSPS) is 10.1. The molecule has 1 heterocycles. The summed E-state index contributed by atoms with van der Waals surface area (Å²) in [5, 5.41) is 21.1. The molecule has 2 rings (SSSR count). The molecule has 0 aliphatic carbocycles. The van der Waals surface area contributed by atoms with E-state index in [4.69, 9.17) is 10.5 Å². The summed E-state index contributed by atoms with van der Waals surface area (Å²) in [6, 6.07) is 8.48. The molecule has 21 heavy (non-hydrogen) atoms. The second kappa shape index (κ2) is 6.65. The van der Waals surface area contributed by atoms with E-state index < -0.39 is 5.82 Å². The molecule has 0 aliphatic heterocycles. The second-order valence-corrected chi connectivity index (χ2v) is 4.50. The van der Waals surface area contributed by atoms with Gasteiger partial charge < -0.3 is 5.32 Å². The van der Waals surface area contributed by atoms with Gasteiger partial charge in [-0.1, -0.05) is 13.0 Å². The molecule has 0 aliphatic rings. The third-order valence-electron chi connectivity index (χ3n) is 3.01. The second-order valence-electron chi connectivity index (χ2n) is 4.50. The van der Waals surface area contributed by atoms with E-state index in [1.54, 1.807) is 12.1 Å². The van der Waals surface area contributed by atoms with E-state index in [1.165, 1.54) is 17.0 Å². The van der Waals surface area contributed by atoms with Crippen molar-refractivity contribution in [3.63, 3.8) is 0 Å². The van der Waals surface area contributed by atoms with Crippen molar-refractivity contribution in [2.75, 3.05) is 6.54 Å². The number of hydrogen-bond acceptors (Lipinski definition) is 4. The molecule has 0 saturated carbocycles. The highest BCUT2D eigenvalue weighted by Crippen LogP contribution is 2.18. The van der Waals surface area contributed by atoms with Gasteiger partial charge in [0.1, 0.15) is 24.3 Å². The van der Waals surface area contributed by atoms with Crippen LogP contribution in [0.3, 0.4) is 0 Å². The number of nitriles is 2. The highest BCUT2D eigenvalue weighted by atomic mass is 19.1. The number of nitrogens with one attached hydrogen (secondary N) is 1. The number of nitrogens with zero attached hydrogens (tertiary/aromatic N) is 4. The Balaban J connectivity index is 2.32. The first-order chi connectivity index (χ1) is 10.2. The predicted octanol–water partition coefficient (Wildman–Crippen LogP) is 2.25. The number of halogens is 1. The lowest BCUT2D eigenvalue weighted by molar-refractivity contribution is 0.610. The van der Waals surface area contributed by atoms with E-state index in [2.05, 4.69) is 17.2 Å². The first-order valence-electron chi connectivity index (χ1n) is 6.58. The third kappa shape index (κ3) is 3.07. The van der Waals surface area contributed by atoms with Crippen molar-refractivity contribution in [1.82, 2.24) is 14.9 Å². The van der Waals surface area contributed by atoms with E-state index in [-0.39, 0.29) is 17.1 Å². The summed E-state index contributed by atoms with van der Waals surface area (Å²) in [6.45, 7) is 3.52. The Kier molecular flexibility index (Phi) is 4.65. The first-order valence-corrected chi connectivity index (χ1v) is 6.58. The van der Waals surface area contributed by atoms with Gasteiger partial charge in [-0.15, -0.1) is 0 Å². The third-order valence-corrected chi connectivity index (χ3v) is 3.01. The van der Waals surface area contributed by atoms with Gasteiger partial charge in [-0.3, -0.25) is 4.57 Å². The van der Waals surface area contributed by atoms with Crippen molar-refractivity contribution in [2.45, 2.75) is 19.9 Å². The summed E-state index contributed by atoms with van der Waals surface area (Å²) in [5.41, 5.74) is 1.06. The number of rotatable bonds is 5. The van der Waals surface area contributed by atoms with Crippen LogP contribution in [0.4, 0.5) is 4.39 Å². The first kappa shape index (κ1) is 14.7. The lowest BCUT2D eigenvalue weighted by atomic mass is 10.2. The van der Waals surface area contributed by atoms with Gasteiger partial charge in [0.25, 0.3) is 0 Å². The van der Waals surface area contributed by atoms with Gasteiger partial charge in [0.15, 0.2) is 11.4 Å². The number of aromatic nitrogens is 2. The number of hydrogen-bond donors (Lipinski definition) is 1. The minimum absolute atomic E-state index is 0.00871. The SMILES string of the molecule is CCCNCc1ccc(-n2cnc(C#N)c2C#N)c(F)c1. The zero-order chi connectivity index (χ0) is 15.2. The molecule has 5 nitrogen and oxygen atoms in total. The Hall–Kier alpha value is -2.70. The maximum atomic E-state index is 14.2. The van der Waals surface area contributed by atoms with Crippen molar-refractivity contribution in [3.8, 4) is 17.8 Å². The van der Waals surface area contributed by atoms with Gasteiger partial charge in [0.05, 0.1) is 5.69 Å². The fourth-order valence-corrected chi connectivity index (χ4v) is 1.98. The molecule has 0 amide bonds. The molecule has 0 atom stereocenters. The van der Waals surface area contributed by atoms with Crippen LogP contribution in [-0.2, 0) is 6.54 Å². The molecular formula is C15H14FN5. The van der Waals surface area contributed by atoms with Crippen LogP contribution in [0, 0.1) is 28.5 Å². The minimum atomic E-state index is -0.454. The van der Waals surface area contributed by atoms with Crippen molar-refractivity contribution < 1.29 is 4.39 Å². The minimum Gasteiger partial charge on any atom is -0.313 e. The Morgan fingerprint density at radius 2 is 2.14 bits per heavy atom. The maximum absolute atomic E-state index is 14.2. The van der Waals surface area contributed by atoms with Crippen LogP contribution in [0.2, 0.25) is 0 Å². The van der Waals surface area contributed by atoms with Gasteiger partial charge in [-0.05, 0) is 30.7 Å². The van der Waals surface area contributed by atoms with E-state index in [0.29, 0.717) is 6.54 Å². The molecule has 0 fully saturated rings. The Labute approximate surface area is 122 Å². The van der Waals surface area contributed by atoms with Crippen LogP contribution in [-0.4, -0.2) is 16.1 Å². The summed E-state index contributed by atoms with van der Waals surface area (Å²) in [4.78, 5) is 3.81. The maximum Gasteiger partial charge on any atom is 0.177 e. The fraction of sp³-hybridized carbons (Fsp3) is 0.267. The van der Waals surface area contributed by atoms with Gasteiger partial charge in [0, 0.05) is 6.54 Å². The zero-order valence-electron chi connectivity index (χ0n) is 11.6. The van der Waals surface area contributed by atoms with Crippen molar-refractivity contribution in [2.24, 2.45) is 0 Å². The Morgan fingerprint density at radius 3 is 2.76 bits per heavy atom. The molecule has 0 bridgehead atoms. The molecular weight excluding hydrogens is 269 g/mol. The van der Waals surface area contributed by atoms with Crippen molar-refractivity contribution >= 4 is 0 Å². The van der Waals surface area contributed by atoms with Gasteiger partial charge in [0.2, 0.25) is 0 Å². The summed E-state index contributed by atoms with van der Waals surface area (Å²) < 4.78 is 15.5. The standard InChI is InChI=1S/C15H14FN5/c1-2-5-19-9-11-3-4-14(12(16)6-11)21-10-20-13(7-17)15(21)8-18/h3-4,6,10,19H,2,5,9H2,1H3. The lowest BCUT2D eigenvalue weighted by Crippen LogP contribution is -2.14. The highest BCUT2D eigenvalue weighted by molar-refractivity contribution is 5.45. The van der Waals surface area contributed by atoms with Gasteiger partial charge in [-0.25, -0.2) is 9.37 Å². The van der Waals surface area contributed by atoms with Crippen LogP contribution in [0.1, 0.15) is 30.3 Å². The average Bonchev–Trinajstić information content (AvgIpc) is 2.90. The van der Waals surface area contributed by atoms with Gasteiger partial charge >= 0.3 is 0 Å². The molecule has 0 unspecified atom stereocenters. The van der Waals surface area contributed by atoms with Crippen LogP contribution in [0.5, 0.6) is 0 Å². The molecule has 2 aromatic rings. The molecule has 6 heteroatoms. The van der Waals surface area contributed by atoms with Crippen LogP contribution >= 0.6 is 0 Å². The van der Waals surface area contributed by atoms with Crippen LogP contribution in [0.15, 0.2) is 24.5 Å². The van der Waals surface area contributed by atoms with E-state index in [0.717, 1.165) is 18.5 Å². The lowest BCUT2D eigenvalue weighted by Gasteiger charge is -2.08.